The van der Waals surface area contributed by atoms with Gasteiger partial charge < -0.3 is 14.4 Å². The van der Waals surface area contributed by atoms with Gasteiger partial charge in [0.1, 0.15) is 0 Å². The van der Waals surface area contributed by atoms with Crippen molar-refractivity contribution in [1.29, 1.82) is 0 Å². The molecule has 0 N–H and O–H groups in total. The zero-order valence-electron chi connectivity index (χ0n) is 13.4. The number of fused-ring (bicyclic) bond motifs is 2. The van der Waals surface area contributed by atoms with E-state index in [9.17, 15) is 4.79 Å². The fraction of sp³-hybridized carbons (Fsp3) is 0.611. The standard InChI is InChI=1S/C18H24BrNO3/c19-11-7-3-1-2-4-8-12-20-16-10-6-5-9-15(16)18(17(20)21)22-13-14-23-18/h5-6,9-10H,1-4,7-8,11-14H2. The number of nitrogens with zero attached hydrogens (tertiary/aromatic N) is 1. The molecule has 0 saturated carbocycles. The number of ether oxygens (including phenoxy) is 2. The topological polar surface area (TPSA) is 38.8 Å². The average molecular weight is 382 g/mol. The number of benzene rings is 1. The molecule has 1 aromatic rings. The van der Waals surface area contributed by atoms with Gasteiger partial charge in [0.05, 0.1) is 18.9 Å². The van der Waals surface area contributed by atoms with Crippen LogP contribution in [0.15, 0.2) is 24.3 Å². The normalized spacial score (nSPS) is 18.8. The summed E-state index contributed by atoms with van der Waals surface area (Å²) >= 11 is 3.46. The summed E-state index contributed by atoms with van der Waals surface area (Å²) in [6, 6.07) is 7.83. The first-order valence-corrected chi connectivity index (χ1v) is 9.67. The highest BCUT2D eigenvalue weighted by Gasteiger charge is 2.55. The van der Waals surface area contributed by atoms with E-state index < -0.39 is 5.79 Å². The maximum absolute atomic E-state index is 12.9. The van der Waals surface area contributed by atoms with Gasteiger partial charge in [-0.25, -0.2) is 0 Å². The Bertz CT molecular complexity index is 543. The van der Waals surface area contributed by atoms with Crippen LogP contribution in [-0.4, -0.2) is 31.0 Å². The van der Waals surface area contributed by atoms with Crippen molar-refractivity contribution in [2.75, 3.05) is 30.0 Å². The van der Waals surface area contributed by atoms with Crippen LogP contribution in [0.3, 0.4) is 0 Å². The second kappa shape index (κ2) is 7.77. The number of amides is 1. The minimum atomic E-state index is -1.17. The third-order valence-electron chi connectivity index (χ3n) is 4.54. The van der Waals surface area contributed by atoms with E-state index in [-0.39, 0.29) is 5.91 Å². The van der Waals surface area contributed by atoms with Crippen molar-refractivity contribution < 1.29 is 14.3 Å². The number of hydrogen-bond acceptors (Lipinski definition) is 3. The monoisotopic (exact) mass is 381 g/mol. The summed E-state index contributed by atoms with van der Waals surface area (Å²) in [6.07, 6.45) is 7.20. The molecule has 23 heavy (non-hydrogen) atoms. The Morgan fingerprint density at radius 1 is 1.00 bits per heavy atom. The van der Waals surface area contributed by atoms with E-state index in [0.29, 0.717) is 13.2 Å². The summed E-state index contributed by atoms with van der Waals surface area (Å²) in [6.45, 7) is 1.69. The smallest absolute Gasteiger partial charge is 0.292 e. The molecule has 4 nitrogen and oxygen atoms in total. The Balaban J connectivity index is 1.59. The maximum Gasteiger partial charge on any atom is 0.292 e. The summed E-state index contributed by atoms with van der Waals surface area (Å²) in [5, 5.41) is 1.09. The van der Waals surface area contributed by atoms with Crippen molar-refractivity contribution in [3.8, 4) is 0 Å². The molecule has 2 heterocycles. The first kappa shape index (κ1) is 16.9. The van der Waals surface area contributed by atoms with E-state index in [1.54, 1.807) is 0 Å². The van der Waals surface area contributed by atoms with Gasteiger partial charge in [0, 0.05) is 17.4 Å². The Labute approximate surface area is 146 Å². The number of para-hydroxylation sites is 1. The Morgan fingerprint density at radius 3 is 2.39 bits per heavy atom. The lowest BCUT2D eigenvalue weighted by Gasteiger charge is -2.22. The Morgan fingerprint density at radius 2 is 1.65 bits per heavy atom. The van der Waals surface area contributed by atoms with E-state index in [4.69, 9.17) is 9.47 Å². The lowest BCUT2D eigenvalue weighted by molar-refractivity contribution is -0.180. The number of alkyl halides is 1. The molecule has 0 bridgehead atoms. The molecule has 2 aliphatic heterocycles. The quantitative estimate of drug-likeness (QED) is 0.505. The summed E-state index contributed by atoms with van der Waals surface area (Å²) < 4.78 is 11.4. The minimum absolute atomic E-state index is 0.0597. The molecule has 1 saturated heterocycles. The largest absolute Gasteiger partial charge is 0.336 e. The molecule has 1 aromatic carbocycles. The third kappa shape index (κ3) is 3.32. The Kier molecular flexibility index (Phi) is 5.72. The molecule has 3 rings (SSSR count). The van der Waals surface area contributed by atoms with Crippen molar-refractivity contribution in [2.24, 2.45) is 0 Å². The fourth-order valence-electron chi connectivity index (χ4n) is 3.37. The van der Waals surface area contributed by atoms with Crippen LogP contribution in [0.2, 0.25) is 0 Å². The first-order chi connectivity index (χ1) is 11.3. The number of carbonyl (C=O) groups is 1. The second-order valence-corrected chi connectivity index (χ2v) is 6.89. The summed E-state index contributed by atoms with van der Waals surface area (Å²) in [4.78, 5) is 14.7. The third-order valence-corrected chi connectivity index (χ3v) is 5.10. The maximum atomic E-state index is 12.9. The van der Waals surface area contributed by atoms with Gasteiger partial charge in [0.2, 0.25) is 0 Å². The molecule has 1 fully saturated rings. The highest BCUT2D eigenvalue weighted by Crippen LogP contribution is 2.45. The van der Waals surface area contributed by atoms with Gasteiger partial charge in [-0.1, -0.05) is 59.8 Å². The average Bonchev–Trinajstić information content (AvgIpc) is 3.15. The summed E-state index contributed by atoms with van der Waals surface area (Å²) in [5.41, 5.74) is 1.80. The van der Waals surface area contributed by atoms with Gasteiger partial charge in [-0.3, -0.25) is 4.79 Å². The minimum Gasteiger partial charge on any atom is -0.336 e. The van der Waals surface area contributed by atoms with Crippen LogP contribution < -0.4 is 4.90 Å². The van der Waals surface area contributed by atoms with Gasteiger partial charge in [0.15, 0.2) is 0 Å². The highest BCUT2D eigenvalue weighted by molar-refractivity contribution is 9.09. The molecule has 0 unspecified atom stereocenters. The van der Waals surface area contributed by atoms with E-state index in [0.717, 1.165) is 36.0 Å². The zero-order chi connectivity index (χ0) is 16.1. The van der Waals surface area contributed by atoms with Crippen molar-refractivity contribution in [3.63, 3.8) is 0 Å². The highest BCUT2D eigenvalue weighted by atomic mass is 79.9. The van der Waals surface area contributed by atoms with Crippen LogP contribution in [0.25, 0.3) is 0 Å². The second-order valence-electron chi connectivity index (χ2n) is 6.10. The van der Waals surface area contributed by atoms with E-state index in [1.807, 2.05) is 29.2 Å². The van der Waals surface area contributed by atoms with Crippen molar-refractivity contribution in [2.45, 2.75) is 44.3 Å². The first-order valence-electron chi connectivity index (χ1n) is 8.55. The fourth-order valence-corrected chi connectivity index (χ4v) is 3.77. The van der Waals surface area contributed by atoms with Gasteiger partial charge in [0.25, 0.3) is 11.7 Å². The number of rotatable bonds is 8. The predicted molar refractivity (Wildman–Crippen MR) is 93.9 cm³/mol. The number of anilines is 1. The van der Waals surface area contributed by atoms with E-state index in [2.05, 4.69) is 15.9 Å². The number of carbonyl (C=O) groups excluding carboxylic acids is 1. The van der Waals surface area contributed by atoms with E-state index in [1.165, 1.54) is 25.7 Å². The summed E-state index contributed by atoms with van der Waals surface area (Å²) in [5.74, 6) is -1.23. The lowest BCUT2D eigenvalue weighted by atomic mass is 10.1. The lowest BCUT2D eigenvalue weighted by Crippen LogP contribution is -2.41. The van der Waals surface area contributed by atoms with Crippen molar-refractivity contribution in [3.05, 3.63) is 29.8 Å². The van der Waals surface area contributed by atoms with Crippen LogP contribution >= 0.6 is 15.9 Å². The molecular weight excluding hydrogens is 358 g/mol. The molecule has 0 radical (unpaired) electrons. The molecule has 1 spiro atoms. The van der Waals surface area contributed by atoms with Crippen LogP contribution in [-0.2, 0) is 20.1 Å². The van der Waals surface area contributed by atoms with Gasteiger partial charge in [-0.2, -0.15) is 0 Å². The number of halogens is 1. The van der Waals surface area contributed by atoms with Gasteiger partial charge in [-0.05, 0) is 18.9 Å². The number of unbranched alkanes of at least 4 members (excludes halogenated alkanes) is 5. The van der Waals surface area contributed by atoms with Crippen LogP contribution in [0.5, 0.6) is 0 Å². The molecule has 0 aliphatic carbocycles. The Hall–Kier alpha value is -0.910. The van der Waals surface area contributed by atoms with E-state index >= 15 is 0 Å². The summed E-state index contributed by atoms with van der Waals surface area (Å²) in [7, 11) is 0. The SMILES string of the molecule is O=C1N(CCCCCCCCBr)c2ccccc2C12OCCO2. The molecule has 2 aliphatic rings. The predicted octanol–water partition coefficient (Wildman–Crippen LogP) is 3.97. The van der Waals surface area contributed by atoms with Crippen LogP contribution in [0, 0.1) is 0 Å². The van der Waals surface area contributed by atoms with Gasteiger partial charge >= 0.3 is 0 Å². The molecule has 5 heteroatoms. The van der Waals surface area contributed by atoms with Crippen LogP contribution in [0.1, 0.15) is 44.1 Å². The molecule has 0 aromatic heterocycles. The number of hydrogen-bond donors (Lipinski definition) is 0. The molecule has 126 valence electrons. The molecule has 1 amide bonds. The molecular formula is C18H24BrNO3. The zero-order valence-corrected chi connectivity index (χ0v) is 15.0. The van der Waals surface area contributed by atoms with Gasteiger partial charge in [-0.15, -0.1) is 0 Å². The van der Waals surface area contributed by atoms with Crippen molar-refractivity contribution >= 4 is 27.5 Å². The molecule has 0 atom stereocenters. The van der Waals surface area contributed by atoms with Crippen LogP contribution in [0.4, 0.5) is 5.69 Å². The van der Waals surface area contributed by atoms with Crippen molar-refractivity contribution in [1.82, 2.24) is 0 Å².